The number of halogens is 1. The molecular weight excluding hydrogens is 464 g/mol. The van der Waals surface area contributed by atoms with Gasteiger partial charge in [-0.15, -0.1) is 0 Å². The molecule has 9 heteroatoms. The minimum atomic E-state index is -0.662. The average molecular weight is 489 g/mol. The number of benzene rings is 2. The van der Waals surface area contributed by atoms with Gasteiger partial charge in [0.1, 0.15) is 0 Å². The van der Waals surface area contributed by atoms with Crippen molar-refractivity contribution in [1.82, 2.24) is 4.90 Å². The number of morpholine rings is 1. The molecule has 0 aromatic heterocycles. The van der Waals surface area contributed by atoms with E-state index in [0.29, 0.717) is 24.3 Å². The fourth-order valence-corrected chi connectivity index (χ4v) is 4.33. The van der Waals surface area contributed by atoms with Gasteiger partial charge in [0.25, 0.3) is 0 Å². The van der Waals surface area contributed by atoms with Crippen LogP contribution in [0.5, 0.6) is 0 Å². The number of oxime groups is 1. The molecule has 0 unspecified atom stereocenters. The Morgan fingerprint density at radius 1 is 0.970 bits per heavy atom. The third kappa shape index (κ3) is 6.51. The molecular formula is C24H25ClN2O5S. The lowest BCUT2D eigenvalue weighted by Gasteiger charge is -2.39. The summed E-state index contributed by atoms with van der Waals surface area (Å²) in [5, 5.41) is 2.88. The predicted octanol–water partition coefficient (Wildman–Crippen LogP) is 4.43. The van der Waals surface area contributed by atoms with Crippen LogP contribution in [0, 0.1) is 0 Å². The van der Waals surface area contributed by atoms with E-state index >= 15 is 0 Å². The molecule has 0 spiro atoms. The van der Waals surface area contributed by atoms with Gasteiger partial charge in [-0.25, -0.2) is 4.79 Å². The zero-order chi connectivity index (χ0) is 24.0. The van der Waals surface area contributed by atoms with Crippen molar-refractivity contribution in [2.24, 2.45) is 5.16 Å². The molecule has 33 heavy (non-hydrogen) atoms. The highest BCUT2D eigenvalue weighted by Crippen LogP contribution is 2.29. The molecule has 1 heterocycles. The molecule has 0 radical (unpaired) electrons. The molecule has 7 nitrogen and oxygen atoms in total. The summed E-state index contributed by atoms with van der Waals surface area (Å²) in [5.74, 6) is -1.12. The van der Waals surface area contributed by atoms with Gasteiger partial charge in [-0.05, 0) is 50.2 Å². The van der Waals surface area contributed by atoms with Crippen LogP contribution in [0.2, 0.25) is 0 Å². The molecule has 2 aromatic rings. The molecule has 1 aliphatic heterocycles. The van der Waals surface area contributed by atoms with E-state index in [4.69, 9.17) is 16.3 Å². The van der Waals surface area contributed by atoms with E-state index in [2.05, 4.69) is 14.9 Å². The average Bonchev–Trinajstić information content (AvgIpc) is 2.83. The minimum absolute atomic E-state index is 0.0797. The summed E-state index contributed by atoms with van der Waals surface area (Å²) in [5.41, 5.74) is 0.394. The first-order valence-electron chi connectivity index (χ1n) is 10.4. The summed E-state index contributed by atoms with van der Waals surface area (Å²) >= 11 is 7.29. The summed E-state index contributed by atoms with van der Waals surface area (Å²) in [7, 11) is 0. The maximum atomic E-state index is 13.1. The number of hydrogen-bond donors (Lipinski definition) is 0. The third-order valence-electron chi connectivity index (χ3n) is 5.27. The molecule has 3 rings (SSSR count). The minimum Gasteiger partial charge on any atom is -0.379 e. The van der Waals surface area contributed by atoms with Crippen LogP contribution in [0.1, 0.15) is 41.5 Å². The molecule has 1 saturated heterocycles. The van der Waals surface area contributed by atoms with Crippen LogP contribution in [0.3, 0.4) is 0 Å². The Kier molecular flexibility index (Phi) is 8.42. The van der Waals surface area contributed by atoms with E-state index in [-0.39, 0.29) is 5.78 Å². The number of carbonyl (C=O) groups excluding carboxylic acids is 3. The van der Waals surface area contributed by atoms with Crippen molar-refractivity contribution >= 4 is 46.1 Å². The van der Waals surface area contributed by atoms with E-state index in [1.54, 1.807) is 24.3 Å². The standard InChI is InChI=1S/C24H25ClN2O5S/c1-16(28)32-26-23(25)21(29)17-4-8-19(9-5-17)33-20-10-6-18(7-11-20)22(30)24(2,3)27-12-14-31-15-13-27/h4-11H,12-15H2,1-3H3/b26-23-. The zero-order valence-electron chi connectivity index (χ0n) is 18.7. The molecule has 0 bridgehead atoms. The highest BCUT2D eigenvalue weighted by Gasteiger charge is 2.35. The lowest BCUT2D eigenvalue weighted by atomic mass is 9.91. The van der Waals surface area contributed by atoms with Crippen LogP contribution in [0.4, 0.5) is 0 Å². The van der Waals surface area contributed by atoms with Crippen molar-refractivity contribution in [1.29, 1.82) is 0 Å². The first kappa shape index (κ1) is 25.1. The van der Waals surface area contributed by atoms with Crippen LogP contribution in [-0.4, -0.2) is 59.4 Å². The first-order valence-corrected chi connectivity index (χ1v) is 11.6. The van der Waals surface area contributed by atoms with Crippen molar-refractivity contribution in [3.63, 3.8) is 0 Å². The predicted molar refractivity (Wildman–Crippen MR) is 127 cm³/mol. The Morgan fingerprint density at radius 3 is 2.00 bits per heavy atom. The van der Waals surface area contributed by atoms with Gasteiger partial charge in [0.15, 0.2) is 5.78 Å². The van der Waals surface area contributed by atoms with Gasteiger partial charge in [0.05, 0.1) is 18.8 Å². The largest absolute Gasteiger partial charge is 0.379 e. The number of ether oxygens (including phenoxy) is 1. The number of Topliss-reactive ketones (excluding diaryl/α,β-unsaturated/α-hetero) is 2. The SMILES string of the molecule is CC(=O)O/N=C(\Cl)C(=O)c1ccc(Sc2ccc(C(=O)C(C)(C)N3CCOCC3)cc2)cc1. The summed E-state index contributed by atoms with van der Waals surface area (Å²) < 4.78 is 5.40. The highest BCUT2D eigenvalue weighted by molar-refractivity contribution is 7.99. The van der Waals surface area contributed by atoms with Crippen LogP contribution in [0.25, 0.3) is 0 Å². The van der Waals surface area contributed by atoms with Crippen molar-refractivity contribution in [2.45, 2.75) is 36.1 Å². The van der Waals surface area contributed by atoms with E-state index in [0.717, 1.165) is 29.8 Å². The van der Waals surface area contributed by atoms with E-state index in [9.17, 15) is 14.4 Å². The third-order valence-corrected chi connectivity index (χ3v) is 6.52. The van der Waals surface area contributed by atoms with Crippen LogP contribution < -0.4 is 0 Å². The molecule has 2 aromatic carbocycles. The second kappa shape index (κ2) is 11.1. The molecule has 0 saturated carbocycles. The van der Waals surface area contributed by atoms with E-state index < -0.39 is 22.5 Å². The van der Waals surface area contributed by atoms with Gasteiger partial charge in [-0.3, -0.25) is 14.5 Å². The molecule has 1 aliphatic rings. The normalized spacial score (nSPS) is 15.2. The molecule has 0 amide bonds. The zero-order valence-corrected chi connectivity index (χ0v) is 20.2. The summed E-state index contributed by atoms with van der Waals surface area (Å²) in [6.07, 6.45) is 0. The van der Waals surface area contributed by atoms with Crippen molar-refractivity contribution in [3.05, 3.63) is 59.7 Å². The topological polar surface area (TPSA) is 85.3 Å². The molecule has 1 fully saturated rings. The van der Waals surface area contributed by atoms with E-state index in [1.807, 2.05) is 38.1 Å². The van der Waals surface area contributed by atoms with Gasteiger partial charge >= 0.3 is 5.97 Å². The highest BCUT2D eigenvalue weighted by atomic mass is 35.5. The van der Waals surface area contributed by atoms with Gasteiger partial charge in [-0.2, -0.15) is 0 Å². The van der Waals surface area contributed by atoms with Crippen molar-refractivity contribution < 1.29 is 24.0 Å². The molecule has 0 atom stereocenters. The van der Waals surface area contributed by atoms with Gasteiger partial charge in [0, 0.05) is 40.9 Å². The number of hydrogen-bond acceptors (Lipinski definition) is 8. The Labute approximate surface area is 202 Å². The smallest absolute Gasteiger partial charge is 0.332 e. The van der Waals surface area contributed by atoms with Crippen LogP contribution in [0.15, 0.2) is 63.5 Å². The number of rotatable bonds is 8. The second-order valence-electron chi connectivity index (χ2n) is 7.93. The summed E-state index contributed by atoms with van der Waals surface area (Å²) in [4.78, 5) is 44.5. The van der Waals surface area contributed by atoms with Crippen LogP contribution in [-0.2, 0) is 14.4 Å². The Bertz CT molecular complexity index is 1050. The summed E-state index contributed by atoms with van der Waals surface area (Å²) in [6.45, 7) is 7.84. The monoisotopic (exact) mass is 488 g/mol. The Balaban J connectivity index is 1.64. The molecule has 0 N–H and O–H groups in total. The van der Waals surface area contributed by atoms with Gasteiger partial charge < -0.3 is 9.57 Å². The quantitative estimate of drug-likeness (QED) is 0.235. The lowest BCUT2D eigenvalue weighted by molar-refractivity contribution is -0.140. The lowest BCUT2D eigenvalue weighted by Crippen LogP contribution is -2.54. The molecule has 174 valence electrons. The first-order chi connectivity index (χ1) is 15.7. The Morgan fingerprint density at radius 2 is 1.48 bits per heavy atom. The summed E-state index contributed by atoms with van der Waals surface area (Å²) in [6, 6.07) is 14.3. The maximum Gasteiger partial charge on any atom is 0.332 e. The van der Waals surface area contributed by atoms with Crippen molar-refractivity contribution in [3.8, 4) is 0 Å². The second-order valence-corrected chi connectivity index (χ2v) is 9.44. The van der Waals surface area contributed by atoms with E-state index in [1.165, 1.54) is 11.8 Å². The fraction of sp³-hybridized carbons (Fsp3) is 0.333. The Hall–Kier alpha value is -2.52. The number of ketones is 2. The van der Waals surface area contributed by atoms with Gasteiger partial charge in [0.2, 0.25) is 11.0 Å². The molecule has 0 aliphatic carbocycles. The maximum absolute atomic E-state index is 13.1. The fourth-order valence-electron chi connectivity index (χ4n) is 3.37. The van der Waals surface area contributed by atoms with Crippen LogP contribution >= 0.6 is 23.4 Å². The van der Waals surface area contributed by atoms with Gasteiger partial charge in [-0.1, -0.05) is 40.7 Å². The van der Waals surface area contributed by atoms with Crippen molar-refractivity contribution in [2.75, 3.05) is 26.3 Å². The number of carbonyl (C=O) groups is 3. The number of nitrogens with zero attached hydrogens (tertiary/aromatic N) is 2.